The molecule has 2 aliphatic heterocycles. The van der Waals surface area contributed by atoms with Gasteiger partial charge >= 0.3 is 0 Å². The smallest absolute Gasteiger partial charge is 0.251 e. The fraction of sp³-hybridized carbons (Fsp3) is 0.400. The number of rotatable bonds is 2. The van der Waals surface area contributed by atoms with Gasteiger partial charge in [-0.3, -0.25) is 9.78 Å². The molecule has 0 spiro atoms. The van der Waals surface area contributed by atoms with Crippen molar-refractivity contribution in [2.75, 3.05) is 43.4 Å². The van der Waals surface area contributed by atoms with Crippen molar-refractivity contribution in [1.29, 1.82) is 0 Å². The van der Waals surface area contributed by atoms with Crippen molar-refractivity contribution < 1.29 is 9.53 Å². The third-order valence-corrected chi connectivity index (χ3v) is 5.52. The van der Waals surface area contributed by atoms with Crippen LogP contribution in [0.3, 0.4) is 0 Å². The third-order valence-electron chi connectivity index (χ3n) is 5.52. The van der Waals surface area contributed by atoms with E-state index in [4.69, 9.17) is 15.5 Å². The maximum Gasteiger partial charge on any atom is 0.251 e. The van der Waals surface area contributed by atoms with Gasteiger partial charge in [0.05, 0.1) is 11.0 Å². The maximum absolute atomic E-state index is 12.5. The van der Waals surface area contributed by atoms with Gasteiger partial charge in [-0.15, -0.1) is 0 Å². The molecule has 0 saturated carbocycles. The molecule has 1 aromatic carbocycles. The molecule has 2 N–H and O–H groups in total. The second kappa shape index (κ2) is 6.87. The van der Waals surface area contributed by atoms with Crippen molar-refractivity contribution in [3.05, 3.63) is 30.5 Å². The van der Waals surface area contributed by atoms with E-state index in [1.165, 1.54) is 0 Å². The van der Waals surface area contributed by atoms with Gasteiger partial charge in [0.25, 0.3) is 5.91 Å². The number of benzene rings is 1. The molecule has 3 aromatic rings. The summed E-state index contributed by atoms with van der Waals surface area (Å²) in [6.45, 7) is 3.32. The molecule has 0 radical (unpaired) electrons. The van der Waals surface area contributed by atoms with Crippen LogP contribution >= 0.6 is 0 Å². The van der Waals surface area contributed by atoms with Crippen molar-refractivity contribution >= 4 is 39.5 Å². The van der Waals surface area contributed by atoms with Gasteiger partial charge in [-0.2, -0.15) is 4.98 Å². The normalized spacial score (nSPS) is 20.2. The SMILES string of the molecule is Nc1nc(N2CCN(C(=O)C3CCCO3)CC2)nc2cc3cccnc3cc12. The highest BCUT2D eigenvalue weighted by Gasteiger charge is 2.31. The molecule has 8 heteroatoms. The summed E-state index contributed by atoms with van der Waals surface area (Å²) in [5, 5.41) is 1.83. The molecule has 1 amide bonds. The Morgan fingerprint density at radius 3 is 2.79 bits per heavy atom. The first-order valence-corrected chi connectivity index (χ1v) is 9.66. The molecular weight excluding hydrogens is 356 g/mol. The largest absolute Gasteiger partial charge is 0.383 e. The Balaban J connectivity index is 1.37. The number of aromatic nitrogens is 3. The Bertz CT molecular complexity index is 1040. The van der Waals surface area contributed by atoms with E-state index >= 15 is 0 Å². The Labute approximate surface area is 162 Å². The first-order valence-electron chi connectivity index (χ1n) is 9.66. The van der Waals surface area contributed by atoms with Gasteiger partial charge in [0, 0.05) is 49.8 Å². The van der Waals surface area contributed by atoms with Crippen molar-refractivity contribution in [2.24, 2.45) is 0 Å². The molecule has 2 aromatic heterocycles. The highest BCUT2D eigenvalue weighted by atomic mass is 16.5. The van der Waals surface area contributed by atoms with Crippen molar-refractivity contribution in [3.63, 3.8) is 0 Å². The quantitative estimate of drug-likeness (QED) is 0.676. The Morgan fingerprint density at radius 2 is 2.00 bits per heavy atom. The number of carbonyl (C=O) groups is 1. The predicted molar refractivity (Wildman–Crippen MR) is 107 cm³/mol. The summed E-state index contributed by atoms with van der Waals surface area (Å²) in [6.07, 6.45) is 3.29. The van der Waals surface area contributed by atoms with E-state index in [1.54, 1.807) is 6.20 Å². The minimum atomic E-state index is -0.263. The Morgan fingerprint density at radius 1 is 1.14 bits per heavy atom. The molecule has 8 nitrogen and oxygen atoms in total. The highest BCUT2D eigenvalue weighted by molar-refractivity contribution is 5.99. The summed E-state index contributed by atoms with van der Waals surface area (Å²) in [4.78, 5) is 30.1. The molecule has 4 heterocycles. The van der Waals surface area contributed by atoms with E-state index < -0.39 is 0 Å². The fourth-order valence-corrected chi connectivity index (χ4v) is 3.95. The van der Waals surface area contributed by atoms with E-state index in [2.05, 4.69) is 14.9 Å². The minimum absolute atomic E-state index is 0.107. The molecule has 0 aliphatic carbocycles. The Hall–Kier alpha value is -3.00. The zero-order valence-corrected chi connectivity index (χ0v) is 15.5. The first kappa shape index (κ1) is 17.1. The summed E-state index contributed by atoms with van der Waals surface area (Å²) in [5.41, 5.74) is 7.91. The first-order chi connectivity index (χ1) is 13.7. The van der Waals surface area contributed by atoms with E-state index in [9.17, 15) is 4.79 Å². The molecule has 144 valence electrons. The summed E-state index contributed by atoms with van der Waals surface area (Å²) in [6, 6.07) is 7.84. The van der Waals surface area contributed by atoms with Gasteiger partial charge in [0.2, 0.25) is 5.95 Å². The average molecular weight is 378 g/mol. The van der Waals surface area contributed by atoms with Crippen LogP contribution in [0.2, 0.25) is 0 Å². The van der Waals surface area contributed by atoms with Crippen molar-refractivity contribution in [2.45, 2.75) is 18.9 Å². The highest BCUT2D eigenvalue weighted by Crippen LogP contribution is 2.26. The average Bonchev–Trinajstić information content (AvgIpc) is 3.27. The van der Waals surface area contributed by atoms with E-state index in [0.717, 1.165) is 34.6 Å². The number of nitrogens with two attached hydrogens (primary N) is 1. The molecule has 5 rings (SSSR count). The van der Waals surface area contributed by atoms with Crippen LogP contribution in [0.1, 0.15) is 12.8 Å². The van der Waals surface area contributed by atoms with Crippen LogP contribution in [0.4, 0.5) is 11.8 Å². The lowest BCUT2D eigenvalue weighted by atomic mass is 10.1. The van der Waals surface area contributed by atoms with Crippen LogP contribution in [-0.4, -0.2) is 64.6 Å². The number of pyridine rings is 1. The number of fused-ring (bicyclic) bond motifs is 2. The van der Waals surface area contributed by atoms with E-state index in [0.29, 0.717) is 44.6 Å². The van der Waals surface area contributed by atoms with Crippen molar-refractivity contribution in [3.8, 4) is 0 Å². The number of anilines is 2. The standard InChI is InChI=1S/C20H22N6O2/c21-18-14-12-15-13(3-1-5-22-15)11-16(14)23-20(24-18)26-8-6-25(7-9-26)19(27)17-4-2-10-28-17/h1,3,5,11-12,17H,2,4,6-10H2,(H2,21,23,24). The minimum Gasteiger partial charge on any atom is -0.383 e. The monoisotopic (exact) mass is 378 g/mol. The molecule has 2 fully saturated rings. The lowest BCUT2D eigenvalue weighted by Crippen LogP contribution is -2.51. The fourth-order valence-electron chi connectivity index (χ4n) is 3.95. The van der Waals surface area contributed by atoms with Crippen LogP contribution in [0, 0.1) is 0 Å². The number of nitrogens with zero attached hydrogens (tertiary/aromatic N) is 5. The number of hydrogen-bond donors (Lipinski definition) is 1. The molecular formula is C20H22N6O2. The van der Waals surface area contributed by atoms with E-state index in [1.807, 2.05) is 29.2 Å². The molecule has 1 unspecified atom stereocenters. The molecule has 2 aliphatic rings. The van der Waals surface area contributed by atoms with Gasteiger partial charge < -0.3 is 20.3 Å². The topological polar surface area (TPSA) is 97.5 Å². The zero-order chi connectivity index (χ0) is 19.1. The number of hydrogen-bond acceptors (Lipinski definition) is 7. The molecule has 1 atom stereocenters. The molecule has 2 saturated heterocycles. The van der Waals surface area contributed by atoms with Crippen LogP contribution < -0.4 is 10.6 Å². The van der Waals surface area contributed by atoms with Crippen LogP contribution in [0.15, 0.2) is 30.5 Å². The lowest BCUT2D eigenvalue weighted by Gasteiger charge is -2.35. The summed E-state index contributed by atoms with van der Waals surface area (Å²) in [5.74, 6) is 1.16. The lowest BCUT2D eigenvalue weighted by molar-refractivity contribution is -0.141. The molecule has 0 bridgehead atoms. The number of amides is 1. The maximum atomic E-state index is 12.5. The van der Waals surface area contributed by atoms with Gasteiger partial charge in [-0.25, -0.2) is 4.98 Å². The molecule has 28 heavy (non-hydrogen) atoms. The third kappa shape index (κ3) is 2.99. The number of carbonyl (C=O) groups excluding carboxylic acids is 1. The Kier molecular flexibility index (Phi) is 4.20. The van der Waals surface area contributed by atoms with Gasteiger partial charge in [-0.05, 0) is 31.0 Å². The van der Waals surface area contributed by atoms with Gasteiger partial charge in [0.1, 0.15) is 11.9 Å². The van der Waals surface area contributed by atoms with Crippen LogP contribution in [0.25, 0.3) is 21.8 Å². The van der Waals surface area contributed by atoms with Gasteiger partial charge in [0.15, 0.2) is 0 Å². The second-order valence-corrected chi connectivity index (χ2v) is 7.29. The zero-order valence-electron chi connectivity index (χ0n) is 15.5. The number of nitrogen functional groups attached to an aromatic ring is 1. The van der Waals surface area contributed by atoms with Gasteiger partial charge in [-0.1, -0.05) is 6.07 Å². The second-order valence-electron chi connectivity index (χ2n) is 7.29. The number of ether oxygens (including phenoxy) is 1. The number of piperazine rings is 1. The summed E-state index contributed by atoms with van der Waals surface area (Å²) >= 11 is 0. The van der Waals surface area contributed by atoms with Crippen LogP contribution in [0.5, 0.6) is 0 Å². The summed E-state index contributed by atoms with van der Waals surface area (Å²) in [7, 11) is 0. The van der Waals surface area contributed by atoms with Crippen LogP contribution in [-0.2, 0) is 9.53 Å². The summed E-state index contributed by atoms with van der Waals surface area (Å²) < 4.78 is 5.53. The van der Waals surface area contributed by atoms with E-state index in [-0.39, 0.29) is 12.0 Å². The predicted octanol–water partition coefficient (Wildman–Crippen LogP) is 1.59. The van der Waals surface area contributed by atoms with Crippen molar-refractivity contribution in [1.82, 2.24) is 19.9 Å².